The first-order valence-electron chi connectivity index (χ1n) is 6.97. The van der Waals surface area contributed by atoms with E-state index in [0.29, 0.717) is 13.2 Å². The summed E-state index contributed by atoms with van der Waals surface area (Å²) in [4.78, 5) is 11.2. The first-order chi connectivity index (χ1) is 9.62. The number of fused-ring (bicyclic) bond motifs is 2. The lowest BCUT2D eigenvalue weighted by Crippen LogP contribution is -2.16. The van der Waals surface area contributed by atoms with Gasteiger partial charge < -0.3 is 14.6 Å². The second-order valence-electron chi connectivity index (χ2n) is 5.85. The Morgan fingerprint density at radius 3 is 2.45 bits per heavy atom. The van der Waals surface area contributed by atoms with Gasteiger partial charge in [-0.05, 0) is 28.8 Å². The van der Waals surface area contributed by atoms with Gasteiger partial charge in [-0.25, -0.2) is 0 Å². The van der Waals surface area contributed by atoms with E-state index in [9.17, 15) is 9.90 Å². The molecule has 1 saturated carbocycles. The summed E-state index contributed by atoms with van der Waals surface area (Å²) in [5.41, 5.74) is 3.22. The number of hydrogen-bond acceptors (Lipinski definition) is 3. The highest BCUT2D eigenvalue weighted by Crippen LogP contribution is 2.60. The molecule has 2 aliphatic heterocycles. The molecular weight excluding hydrogens is 324 g/mol. The highest BCUT2D eigenvalue weighted by molar-refractivity contribution is 9.10. The molecule has 4 nitrogen and oxygen atoms in total. The van der Waals surface area contributed by atoms with Crippen LogP contribution in [0.4, 0.5) is 0 Å². The molecule has 1 aromatic rings. The zero-order valence-electron chi connectivity index (χ0n) is 11.0. The minimum atomic E-state index is -0.732. The van der Waals surface area contributed by atoms with E-state index in [1.54, 1.807) is 0 Å². The fourth-order valence-electron chi connectivity index (χ4n) is 3.57. The van der Waals surface area contributed by atoms with Gasteiger partial charge >= 0.3 is 5.97 Å². The molecule has 3 aliphatic rings. The third-order valence-corrected chi connectivity index (χ3v) is 5.45. The van der Waals surface area contributed by atoms with Gasteiger partial charge in [-0.15, -0.1) is 0 Å². The van der Waals surface area contributed by atoms with Crippen LogP contribution in [-0.2, 0) is 23.1 Å². The van der Waals surface area contributed by atoms with Crippen molar-refractivity contribution < 1.29 is 19.4 Å². The summed E-state index contributed by atoms with van der Waals surface area (Å²) in [5.74, 6) is 1.12. The van der Waals surface area contributed by atoms with E-state index in [1.165, 1.54) is 0 Å². The van der Waals surface area contributed by atoms with Crippen LogP contribution in [0.15, 0.2) is 4.47 Å². The van der Waals surface area contributed by atoms with Crippen LogP contribution in [0.5, 0.6) is 11.5 Å². The molecule has 1 aliphatic carbocycles. The van der Waals surface area contributed by atoms with Gasteiger partial charge in [0, 0.05) is 34.9 Å². The highest BCUT2D eigenvalue weighted by Gasteiger charge is 2.51. The van der Waals surface area contributed by atoms with Gasteiger partial charge in [0.25, 0.3) is 0 Å². The zero-order chi connectivity index (χ0) is 13.9. The molecule has 0 amide bonds. The maximum absolute atomic E-state index is 11.2. The van der Waals surface area contributed by atoms with Crippen LogP contribution >= 0.6 is 15.9 Å². The van der Waals surface area contributed by atoms with Crippen molar-refractivity contribution in [2.24, 2.45) is 0 Å². The molecule has 5 heteroatoms. The predicted molar refractivity (Wildman–Crippen MR) is 75.7 cm³/mol. The third kappa shape index (κ3) is 1.62. The molecule has 0 unspecified atom stereocenters. The average molecular weight is 339 g/mol. The molecule has 0 aromatic heterocycles. The van der Waals surface area contributed by atoms with Crippen LogP contribution in [0.1, 0.15) is 36.0 Å². The maximum atomic E-state index is 11.2. The second-order valence-corrected chi connectivity index (χ2v) is 6.65. The van der Waals surface area contributed by atoms with Gasteiger partial charge in [0.05, 0.1) is 24.1 Å². The van der Waals surface area contributed by atoms with E-state index in [0.717, 1.165) is 58.3 Å². The molecule has 1 aromatic carbocycles. The topological polar surface area (TPSA) is 55.8 Å². The summed E-state index contributed by atoms with van der Waals surface area (Å²) >= 11 is 3.63. The number of benzene rings is 1. The van der Waals surface area contributed by atoms with Crippen LogP contribution in [0, 0.1) is 0 Å². The molecule has 4 rings (SSSR count). The van der Waals surface area contributed by atoms with Crippen molar-refractivity contribution in [1.82, 2.24) is 0 Å². The smallest absolute Gasteiger partial charge is 0.304 e. The standard InChI is InChI=1S/C15H15BrO4/c16-12-9-2-6-19-13(9)11(8-1-5-20-14(8)12)15(3-4-15)7-10(17)18/h1-7H2,(H,17,18). The van der Waals surface area contributed by atoms with Gasteiger partial charge in [0.2, 0.25) is 0 Å². The highest BCUT2D eigenvalue weighted by atomic mass is 79.9. The Hall–Kier alpha value is -1.23. The van der Waals surface area contributed by atoms with Gasteiger partial charge in [0.15, 0.2) is 0 Å². The molecule has 0 bridgehead atoms. The summed E-state index contributed by atoms with van der Waals surface area (Å²) in [6, 6.07) is 0. The number of aliphatic carboxylic acids is 1. The fourth-order valence-corrected chi connectivity index (χ4v) is 4.30. The van der Waals surface area contributed by atoms with Gasteiger partial charge in [-0.2, -0.15) is 0 Å². The molecule has 20 heavy (non-hydrogen) atoms. The van der Waals surface area contributed by atoms with E-state index in [4.69, 9.17) is 9.47 Å². The molecule has 0 saturated heterocycles. The third-order valence-electron chi connectivity index (χ3n) is 4.61. The number of halogens is 1. The van der Waals surface area contributed by atoms with Crippen molar-refractivity contribution in [3.63, 3.8) is 0 Å². The van der Waals surface area contributed by atoms with Gasteiger partial charge in [-0.3, -0.25) is 4.79 Å². The van der Waals surface area contributed by atoms with Crippen LogP contribution in [-0.4, -0.2) is 24.3 Å². The maximum Gasteiger partial charge on any atom is 0.304 e. The molecule has 0 radical (unpaired) electrons. The molecule has 0 spiro atoms. The summed E-state index contributed by atoms with van der Waals surface area (Å²) in [6.45, 7) is 1.35. The van der Waals surface area contributed by atoms with E-state index in [1.807, 2.05) is 0 Å². The predicted octanol–water partition coefficient (Wildman–Crippen LogP) is 2.83. The number of carboxylic acid groups (broad SMARTS) is 1. The summed E-state index contributed by atoms with van der Waals surface area (Å²) in [7, 11) is 0. The summed E-state index contributed by atoms with van der Waals surface area (Å²) in [6.07, 6.45) is 3.77. The lowest BCUT2D eigenvalue weighted by atomic mass is 9.85. The Labute approximate surface area is 125 Å². The molecule has 1 fully saturated rings. The average Bonchev–Trinajstić information content (AvgIpc) is 2.85. The normalized spacial score (nSPS) is 20.9. The fraction of sp³-hybridized carbons (Fsp3) is 0.533. The van der Waals surface area contributed by atoms with Crippen molar-refractivity contribution in [3.05, 3.63) is 21.2 Å². The lowest BCUT2D eigenvalue weighted by molar-refractivity contribution is -0.137. The van der Waals surface area contributed by atoms with Crippen LogP contribution in [0.25, 0.3) is 0 Å². The molecule has 1 N–H and O–H groups in total. The van der Waals surface area contributed by atoms with Crippen molar-refractivity contribution in [2.45, 2.75) is 37.5 Å². The first kappa shape index (κ1) is 12.5. The van der Waals surface area contributed by atoms with Crippen LogP contribution < -0.4 is 9.47 Å². The van der Waals surface area contributed by atoms with Crippen molar-refractivity contribution in [1.29, 1.82) is 0 Å². The number of hydrogen-bond donors (Lipinski definition) is 1. The molecular formula is C15H15BrO4. The second kappa shape index (κ2) is 4.13. The summed E-state index contributed by atoms with van der Waals surface area (Å²) in [5, 5.41) is 9.22. The Balaban J connectivity index is 1.94. The quantitative estimate of drug-likeness (QED) is 0.920. The molecule has 106 valence electrons. The van der Waals surface area contributed by atoms with Crippen LogP contribution in [0.3, 0.4) is 0 Å². The number of carbonyl (C=O) groups is 1. The van der Waals surface area contributed by atoms with E-state index in [2.05, 4.69) is 15.9 Å². The largest absolute Gasteiger partial charge is 0.493 e. The Morgan fingerprint density at radius 1 is 1.15 bits per heavy atom. The monoisotopic (exact) mass is 338 g/mol. The van der Waals surface area contributed by atoms with E-state index < -0.39 is 5.97 Å². The van der Waals surface area contributed by atoms with Gasteiger partial charge in [-0.1, -0.05) is 0 Å². The SMILES string of the molecule is O=C(O)CC1(c2c3c(c(Br)c4c2OCC4)OCC3)CC1. The summed E-state index contributed by atoms with van der Waals surface area (Å²) < 4.78 is 12.6. The Morgan fingerprint density at radius 2 is 1.80 bits per heavy atom. The van der Waals surface area contributed by atoms with E-state index >= 15 is 0 Å². The zero-order valence-corrected chi connectivity index (χ0v) is 12.6. The number of carboxylic acids is 1. The molecule has 0 atom stereocenters. The number of ether oxygens (including phenoxy) is 2. The number of rotatable bonds is 3. The first-order valence-corrected chi connectivity index (χ1v) is 7.77. The molecule has 2 heterocycles. The minimum absolute atomic E-state index is 0.191. The van der Waals surface area contributed by atoms with Crippen molar-refractivity contribution >= 4 is 21.9 Å². The van der Waals surface area contributed by atoms with E-state index in [-0.39, 0.29) is 11.8 Å². The van der Waals surface area contributed by atoms with Crippen LogP contribution in [0.2, 0.25) is 0 Å². The van der Waals surface area contributed by atoms with Crippen molar-refractivity contribution in [3.8, 4) is 11.5 Å². The lowest BCUT2D eigenvalue weighted by Gasteiger charge is -2.21. The Kier molecular flexibility index (Phi) is 2.58. The Bertz CT molecular complexity index is 584. The van der Waals surface area contributed by atoms with Gasteiger partial charge in [0.1, 0.15) is 11.5 Å². The minimum Gasteiger partial charge on any atom is -0.493 e. The van der Waals surface area contributed by atoms with Crippen molar-refractivity contribution in [2.75, 3.05) is 13.2 Å².